The summed E-state index contributed by atoms with van der Waals surface area (Å²) >= 11 is 6.11. The zero-order valence-electron chi connectivity index (χ0n) is 14.3. The van der Waals surface area contributed by atoms with E-state index in [2.05, 4.69) is 10.3 Å². The number of rotatable bonds is 5. The lowest BCUT2D eigenvalue weighted by molar-refractivity contribution is 0.0123. The number of hydrogen-bond donors (Lipinski definition) is 0. The molecule has 1 aliphatic heterocycles. The smallest absolute Gasteiger partial charge is 0.282 e. The van der Waals surface area contributed by atoms with Gasteiger partial charge in [-0.2, -0.15) is 5.10 Å². The number of aromatic nitrogens is 2. The van der Waals surface area contributed by atoms with E-state index >= 15 is 0 Å². The van der Waals surface area contributed by atoms with Gasteiger partial charge in [0.15, 0.2) is 14.9 Å². The van der Waals surface area contributed by atoms with E-state index in [1.807, 2.05) is 0 Å². The highest BCUT2D eigenvalue weighted by atomic mass is 35.5. The molecule has 0 aliphatic carbocycles. The first-order chi connectivity index (χ1) is 11.4. The maximum atomic E-state index is 13.2. The fraction of sp³-hybridized carbons (Fsp3) is 0.600. The van der Waals surface area contributed by atoms with E-state index in [-0.39, 0.29) is 28.2 Å². The second-order valence-corrected chi connectivity index (χ2v) is 9.02. The second-order valence-electron chi connectivity index (χ2n) is 6.63. The van der Waals surface area contributed by atoms with Crippen molar-refractivity contribution in [2.75, 3.05) is 5.75 Å². The molecule has 0 unspecified atom stereocenters. The summed E-state index contributed by atoms with van der Waals surface area (Å²) in [7, 11) is -3.68. The number of oxime groups is 1. The molecule has 1 aromatic rings. The molecule has 0 N–H and O–H groups in total. The molecule has 0 spiro atoms. The Balaban J connectivity index is 2.23. The van der Waals surface area contributed by atoms with Crippen molar-refractivity contribution < 1.29 is 22.0 Å². The predicted octanol–water partition coefficient (Wildman–Crippen LogP) is 4.00. The Bertz CT molecular complexity index is 814. The van der Waals surface area contributed by atoms with Gasteiger partial charge in [0.1, 0.15) is 16.4 Å². The summed E-state index contributed by atoms with van der Waals surface area (Å²) in [6.45, 7) is 6.96. The second kappa shape index (κ2) is 7.03. The summed E-state index contributed by atoms with van der Waals surface area (Å²) in [6.07, 6.45) is -0.128. The van der Waals surface area contributed by atoms with Gasteiger partial charge in [-0.15, -0.1) is 0 Å². The van der Waals surface area contributed by atoms with Crippen LogP contribution < -0.4 is 0 Å². The summed E-state index contributed by atoms with van der Waals surface area (Å²) in [5, 5.41) is 7.41. The average molecular weight is 396 g/mol. The Morgan fingerprint density at radius 3 is 2.52 bits per heavy atom. The summed E-state index contributed by atoms with van der Waals surface area (Å²) in [5.41, 5.74) is -1.13. The van der Waals surface area contributed by atoms with Gasteiger partial charge in [-0.05, 0) is 27.7 Å². The molecule has 25 heavy (non-hydrogen) atoms. The van der Waals surface area contributed by atoms with Crippen LogP contribution in [-0.2, 0) is 14.7 Å². The maximum Gasteiger partial charge on any atom is 0.282 e. The van der Waals surface area contributed by atoms with Crippen molar-refractivity contribution in [2.24, 2.45) is 5.16 Å². The number of hydrogen-bond acceptors (Lipinski definition) is 5. The number of alkyl halides is 2. The minimum atomic E-state index is -3.68. The summed E-state index contributed by atoms with van der Waals surface area (Å²) in [5.74, 6) is -0.392. The van der Waals surface area contributed by atoms with Crippen LogP contribution in [0.4, 0.5) is 8.78 Å². The van der Waals surface area contributed by atoms with Gasteiger partial charge in [-0.3, -0.25) is 4.68 Å². The molecular weight excluding hydrogens is 376 g/mol. The van der Waals surface area contributed by atoms with Crippen molar-refractivity contribution in [3.63, 3.8) is 0 Å². The Morgan fingerprint density at radius 2 is 2.04 bits per heavy atom. The molecule has 6 nitrogen and oxygen atoms in total. The highest BCUT2D eigenvalue weighted by molar-refractivity contribution is 8.06. The van der Waals surface area contributed by atoms with Crippen LogP contribution in [0.15, 0.2) is 11.2 Å². The third-order valence-electron chi connectivity index (χ3n) is 3.54. The third kappa shape index (κ3) is 4.38. The molecule has 1 aliphatic rings. The monoisotopic (exact) mass is 395 g/mol. The molecule has 2 heterocycles. The predicted molar refractivity (Wildman–Crippen MR) is 92.6 cm³/mol. The molecule has 0 aromatic carbocycles. The molecule has 140 valence electrons. The molecule has 0 bridgehead atoms. The zero-order chi connectivity index (χ0) is 19.0. The van der Waals surface area contributed by atoms with Crippen LogP contribution in [0, 0.1) is 0 Å². The Morgan fingerprint density at radius 1 is 1.40 bits per heavy atom. The van der Waals surface area contributed by atoms with Gasteiger partial charge < -0.3 is 4.84 Å². The molecule has 0 saturated carbocycles. The molecule has 0 amide bonds. The van der Waals surface area contributed by atoms with Crippen molar-refractivity contribution in [2.45, 2.75) is 52.2 Å². The van der Waals surface area contributed by atoms with Gasteiger partial charge >= 0.3 is 0 Å². The van der Waals surface area contributed by atoms with E-state index in [1.165, 1.54) is 16.8 Å². The molecule has 0 radical (unpaired) electrons. The normalized spacial score (nSPS) is 17.6. The lowest BCUT2D eigenvalue weighted by atomic mass is 10.1. The van der Waals surface area contributed by atoms with Crippen molar-refractivity contribution in [3.8, 4) is 0 Å². The number of nitrogens with zero attached hydrogens (tertiary/aromatic N) is 3. The Kier molecular flexibility index (Phi) is 5.58. The SMILES string of the molecule is CC(C)n1nc(C(F)F)c(/C=C/CS(=O)(=O)C2=NOC(C)(C)C2)c1Cl. The van der Waals surface area contributed by atoms with Crippen LogP contribution in [0.3, 0.4) is 0 Å². The van der Waals surface area contributed by atoms with Gasteiger partial charge in [0.25, 0.3) is 6.43 Å². The van der Waals surface area contributed by atoms with Gasteiger partial charge in [0, 0.05) is 18.0 Å². The third-order valence-corrected chi connectivity index (χ3v) is 5.49. The fourth-order valence-electron chi connectivity index (χ4n) is 2.26. The summed E-state index contributed by atoms with van der Waals surface area (Å²) in [4.78, 5) is 5.05. The molecule has 0 atom stereocenters. The minimum absolute atomic E-state index is 0.0190. The van der Waals surface area contributed by atoms with Crippen molar-refractivity contribution >= 4 is 32.6 Å². The molecule has 1 aromatic heterocycles. The van der Waals surface area contributed by atoms with Crippen LogP contribution in [0.25, 0.3) is 6.08 Å². The first-order valence-electron chi connectivity index (χ1n) is 7.65. The summed E-state index contributed by atoms with van der Waals surface area (Å²) in [6, 6.07) is -0.205. The van der Waals surface area contributed by atoms with E-state index in [0.717, 1.165) is 0 Å². The highest BCUT2D eigenvalue weighted by Crippen LogP contribution is 2.31. The maximum absolute atomic E-state index is 13.2. The standard InChI is InChI=1S/C15H20ClF2N3O3S/c1-9(2)21-13(16)10(12(19-21)14(17)18)6-5-7-25(22,23)11-8-15(3,4)24-20-11/h5-6,9,14H,7-8H2,1-4H3/b6-5+. The van der Waals surface area contributed by atoms with Crippen LogP contribution in [0.2, 0.25) is 5.15 Å². The Labute approximate surface area is 150 Å². The van der Waals surface area contributed by atoms with Crippen molar-refractivity contribution in [1.29, 1.82) is 0 Å². The number of halogens is 3. The van der Waals surface area contributed by atoms with Crippen LogP contribution in [0.1, 0.15) is 57.8 Å². The van der Waals surface area contributed by atoms with Gasteiger partial charge in [-0.1, -0.05) is 28.9 Å². The van der Waals surface area contributed by atoms with Crippen molar-refractivity contribution in [1.82, 2.24) is 9.78 Å². The summed E-state index contributed by atoms with van der Waals surface area (Å²) < 4.78 is 52.1. The lowest BCUT2D eigenvalue weighted by Gasteiger charge is -2.12. The molecular formula is C15H20ClF2N3O3S. The molecule has 2 rings (SSSR count). The van der Waals surface area contributed by atoms with Gasteiger partial charge in [-0.25, -0.2) is 17.2 Å². The van der Waals surface area contributed by atoms with Gasteiger partial charge in [0.2, 0.25) is 0 Å². The quantitative estimate of drug-likeness (QED) is 0.755. The lowest BCUT2D eigenvalue weighted by Crippen LogP contribution is -2.23. The minimum Gasteiger partial charge on any atom is -0.389 e. The van der Waals surface area contributed by atoms with Crippen molar-refractivity contribution in [3.05, 3.63) is 22.5 Å². The Hall–Kier alpha value is -1.48. The highest BCUT2D eigenvalue weighted by Gasteiger charge is 2.35. The zero-order valence-corrected chi connectivity index (χ0v) is 15.9. The van der Waals surface area contributed by atoms with Crippen LogP contribution in [-0.4, -0.2) is 34.6 Å². The van der Waals surface area contributed by atoms with E-state index in [9.17, 15) is 17.2 Å². The molecule has 0 fully saturated rings. The van der Waals surface area contributed by atoms with Crippen LogP contribution >= 0.6 is 11.6 Å². The first kappa shape index (κ1) is 19.8. The van der Waals surface area contributed by atoms with E-state index in [4.69, 9.17) is 16.4 Å². The topological polar surface area (TPSA) is 73.5 Å². The fourth-order valence-corrected chi connectivity index (χ4v) is 3.91. The molecule has 0 saturated heterocycles. The largest absolute Gasteiger partial charge is 0.389 e. The van der Waals surface area contributed by atoms with Gasteiger partial charge in [0.05, 0.1) is 5.75 Å². The van der Waals surface area contributed by atoms with E-state index < -0.39 is 33.3 Å². The number of sulfone groups is 1. The van der Waals surface area contributed by atoms with Crippen LogP contribution in [0.5, 0.6) is 0 Å². The first-order valence-corrected chi connectivity index (χ1v) is 9.68. The molecule has 10 heteroatoms. The average Bonchev–Trinajstić information content (AvgIpc) is 3.00. The van der Waals surface area contributed by atoms with E-state index in [0.29, 0.717) is 0 Å². The van der Waals surface area contributed by atoms with E-state index in [1.54, 1.807) is 27.7 Å².